The van der Waals surface area contributed by atoms with Gasteiger partial charge in [-0.05, 0) is 24.1 Å². The molecular weight excluding hydrogens is 176 g/mol. The molecule has 1 aromatic heterocycles. The molecule has 0 aliphatic heterocycles. The zero-order valence-electron chi connectivity index (χ0n) is 8.23. The number of hydrogen-bond donors (Lipinski definition) is 1. The third kappa shape index (κ3) is 1.41. The summed E-state index contributed by atoms with van der Waals surface area (Å²) in [5.41, 5.74) is 0.975. The molecule has 0 fully saturated rings. The fourth-order valence-electron chi connectivity index (χ4n) is 1.52. The second kappa shape index (κ2) is 3.25. The molecule has 0 spiro atoms. The number of benzene rings is 1. The first kappa shape index (κ1) is 8.94. The molecule has 0 aliphatic rings. The van der Waals surface area contributed by atoms with Crippen LogP contribution in [-0.2, 0) is 0 Å². The first-order valence-corrected chi connectivity index (χ1v) is 4.63. The minimum absolute atomic E-state index is 0.264. The smallest absolute Gasteiger partial charge is 0.116 e. The van der Waals surface area contributed by atoms with Crippen molar-refractivity contribution in [3.63, 3.8) is 0 Å². The van der Waals surface area contributed by atoms with Gasteiger partial charge in [-0.3, -0.25) is 0 Å². The van der Waals surface area contributed by atoms with E-state index >= 15 is 0 Å². The number of phenols is 1. The molecule has 3 heteroatoms. The molecule has 2 rings (SSSR count). The molecule has 3 nitrogen and oxygen atoms in total. The van der Waals surface area contributed by atoms with Crippen LogP contribution in [0.15, 0.2) is 24.4 Å². The monoisotopic (exact) mass is 188 g/mol. The lowest BCUT2D eigenvalue weighted by molar-refractivity contribution is 0.476. The summed E-state index contributed by atoms with van der Waals surface area (Å²) >= 11 is 0. The highest BCUT2D eigenvalue weighted by Crippen LogP contribution is 2.24. The summed E-state index contributed by atoms with van der Waals surface area (Å²) in [5, 5.41) is 19.3. The minimum atomic E-state index is 0.264. The number of hydrogen-bond acceptors (Lipinski definition) is 3. The summed E-state index contributed by atoms with van der Waals surface area (Å²) in [6.07, 6.45) is 1.67. The van der Waals surface area contributed by atoms with Gasteiger partial charge in [0.15, 0.2) is 0 Å². The van der Waals surface area contributed by atoms with E-state index in [2.05, 4.69) is 24.0 Å². The Kier molecular flexibility index (Phi) is 2.08. The van der Waals surface area contributed by atoms with E-state index in [9.17, 15) is 5.11 Å². The van der Waals surface area contributed by atoms with E-state index in [0.29, 0.717) is 5.92 Å². The largest absolute Gasteiger partial charge is 0.508 e. The lowest BCUT2D eigenvalue weighted by atomic mass is 10.0. The van der Waals surface area contributed by atoms with E-state index < -0.39 is 0 Å². The standard InChI is InChI=1S/C11H12N2O/c1-7(2)11-10-4-3-9(14)5-8(10)6-12-13-11/h3-7,14H,1-2H3. The van der Waals surface area contributed by atoms with Crippen LogP contribution in [0.3, 0.4) is 0 Å². The van der Waals surface area contributed by atoms with Crippen LogP contribution < -0.4 is 0 Å². The highest BCUT2D eigenvalue weighted by atomic mass is 16.3. The summed E-state index contributed by atoms with van der Waals surface area (Å²) in [6.45, 7) is 4.16. The molecule has 0 saturated carbocycles. The maximum absolute atomic E-state index is 9.31. The number of aromatic nitrogens is 2. The Bertz CT molecular complexity index is 466. The fraction of sp³-hybridized carbons (Fsp3) is 0.273. The van der Waals surface area contributed by atoms with Gasteiger partial charge in [-0.2, -0.15) is 10.2 Å². The first-order valence-electron chi connectivity index (χ1n) is 4.63. The van der Waals surface area contributed by atoms with Gasteiger partial charge in [-0.1, -0.05) is 13.8 Å². The minimum Gasteiger partial charge on any atom is -0.508 e. The highest BCUT2D eigenvalue weighted by Gasteiger charge is 2.07. The summed E-state index contributed by atoms with van der Waals surface area (Å²) in [7, 11) is 0. The van der Waals surface area contributed by atoms with Crippen LogP contribution in [0.4, 0.5) is 0 Å². The van der Waals surface area contributed by atoms with Gasteiger partial charge in [0.25, 0.3) is 0 Å². The zero-order valence-corrected chi connectivity index (χ0v) is 8.23. The Balaban J connectivity index is 2.75. The fourth-order valence-corrected chi connectivity index (χ4v) is 1.52. The average Bonchev–Trinajstić information content (AvgIpc) is 2.16. The molecular formula is C11H12N2O. The van der Waals surface area contributed by atoms with Crippen LogP contribution in [0.5, 0.6) is 5.75 Å². The van der Waals surface area contributed by atoms with Gasteiger partial charge in [-0.25, -0.2) is 0 Å². The van der Waals surface area contributed by atoms with Crippen LogP contribution in [0, 0.1) is 0 Å². The average molecular weight is 188 g/mol. The third-order valence-corrected chi connectivity index (χ3v) is 2.22. The van der Waals surface area contributed by atoms with Crippen molar-refractivity contribution in [1.29, 1.82) is 0 Å². The van der Waals surface area contributed by atoms with Crippen LogP contribution >= 0.6 is 0 Å². The molecule has 0 unspecified atom stereocenters. The molecule has 0 aliphatic carbocycles. The molecule has 72 valence electrons. The van der Waals surface area contributed by atoms with Crippen molar-refractivity contribution in [2.24, 2.45) is 0 Å². The van der Waals surface area contributed by atoms with E-state index in [0.717, 1.165) is 16.5 Å². The van der Waals surface area contributed by atoms with E-state index in [1.807, 2.05) is 6.07 Å². The van der Waals surface area contributed by atoms with E-state index in [1.54, 1.807) is 18.3 Å². The molecule has 1 N–H and O–H groups in total. The molecule has 2 aromatic rings. The molecule has 0 amide bonds. The van der Waals surface area contributed by atoms with E-state index in [-0.39, 0.29) is 5.75 Å². The predicted octanol–water partition coefficient (Wildman–Crippen LogP) is 2.46. The Morgan fingerprint density at radius 2 is 2.07 bits per heavy atom. The van der Waals surface area contributed by atoms with Gasteiger partial charge >= 0.3 is 0 Å². The summed E-state index contributed by atoms with van der Waals surface area (Å²) in [5.74, 6) is 0.607. The second-order valence-electron chi connectivity index (χ2n) is 3.66. The van der Waals surface area contributed by atoms with Crippen LogP contribution in [0.1, 0.15) is 25.5 Å². The number of rotatable bonds is 1. The number of nitrogens with zero attached hydrogens (tertiary/aromatic N) is 2. The first-order chi connectivity index (χ1) is 6.68. The Labute approximate surface area is 82.4 Å². The van der Waals surface area contributed by atoms with Gasteiger partial charge in [0.05, 0.1) is 11.9 Å². The van der Waals surface area contributed by atoms with Gasteiger partial charge in [0.2, 0.25) is 0 Å². The molecule has 0 bridgehead atoms. The highest BCUT2D eigenvalue weighted by molar-refractivity contribution is 5.85. The predicted molar refractivity (Wildman–Crippen MR) is 55.3 cm³/mol. The zero-order chi connectivity index (χ0) is 10.1. The number of phenolic OH excluding ortho intramolecular Hbond substituents is 1. The molecule has 0 radical (unpaired) electrons. The van der Waals surface area contributed by atoms with Crippen LogP contribution in [0.2, 0.25) is 0 Å². The van der Waals surface area contributed by atoms with Crippen molar-refractivity contribution in [2.45, 2.75) is 19.8 Å². The topological polar surface area (TPSA) is 46.0 Å². The van der Waals surface area contributed by atoms with Crippen molar-refractivity contribution in [2.75, 3.05) is 0 Å². The molecule has 0 saturated heterocycles. The summed E-state index contributed by atoms with van der Waals surface area (Å²) in [4.78, 5) is 0. The normalized spacial score (nSPS) is 11.1. The summed E-state index contributed by atoms with van der Waals surface area (Å²) < 4.78 is 0. The maximum Gasteiger partial charge on any atom is 0.116 e. The van der Waals surface area contributed by atoms with Gasteiger partial charge in [-0.15, -0.1) is 0 Å². The molecule has 1 aromatic carbocycles. The molecule has 1 heterocycles. The summed E-state index contributed by atoms with van der Waals surface area (Å²) in [6, 6.07) is 5.26. The van der Waals surface area contributed by atoms with Crippen molar-refractivity contribution in [3.8, 4) is 5.75 Å². The number of aromatic hydroxyl groups is 1. The van der Waals surface area contributed by atoms with Crippen molar-refractivity contribution in [1.82, 2.24) is 10.2 Å². The Morgan fingerprint density at radius 3 is 2.79 bits per heavy atom. The lowest BCUT2D eigenvalue weighted by Crippen LogP contribution is -1.96. The third-order valence-electron chi connectivity index (χ3n) is 2.22. The number of fused-ring (bicyclic) bond motifs is 1. The molecule has 14 heavy (non-hydrogen) atoms. The Morgan fingerprint density at radius 1 is 1.29 bits per heavy atom. The molecule has 0 atom stereocenters. The van der Waals surface area contributed by atoms with E-state index in [4.69, 9.17) is 0 Å². The second-order valence-corrected chi connectivity index (χ2v) is 3.66. The maximum atomic E-state index is 9.31. The quantitative estimate of drug-likeness (QED) is 0.747. The van der Waals surface area contributed by atoms with Crippen molar-refractivity contribution < 1.29 is 5.11 Å². The van der Waals surface area contributed by atoms with Crippen LogP contribution in [0.25, 0.3) is 10.8 Å². The Hall–Kier alpha value is -1.64. The van der Waals surface area contributed by atoms with Crippen molar-refractivity contribution >= 4 is 10.8 Å². The van der Waals surface area contributed by atoms with Gasteiger partial charge < -0.3 is 5.11 Å². The van der Waals surface area contributed by atoms with E-state index in [1.165, 1.54) is 0 Å². The van der Waals surface area contributed by atoms with Crippen molar-refractivity contribution in [3.05, 3.63) is 30.1 Å². The lowest BCUT2D eigenvalue weighted by Gasteiger charge is -2.07. The SMILES string of the molecule is CC(C)c1nncc2cc(O)ccc12. The van der Waals surface area contributed by atoms with Crippen LogP contribution in [-0.4, -0.2) is 15.3 Å². The van der Waals surface area contributed by atoms with Gasteiger partial charge in [0.1, 0.15) is 5.75 Å². The van der Waals surface area contributed by atoms with Gasteiger partial charge in [0, 0.05) is 10.8 Å².